The molecule has 1 heterocycles. The zero-order valence-electron chi connectivity index (χ0n) is 16.1. The number of amides is 1. The Bertz CT molecular complexity index is 531. The maximum Gasteiger partial charge on any atom is 0.256 e. The number of rotatable bonds is 9. The molecule has 0 saturated heterocycles. The predicted molar refractivity (Wildman–Crippen MR) is 97.4 cm³/mol. The smallest absolute Gasteiger partial charge is 0.256 e. The number of nitrogens with zero attached hydrogens (tertiary/aromatic N) is 1. The molecule has 0 spiro atoms. The van der Waals surface area contributed by atoms with Crippen LogP contribution in [-0.4, -0.2) is 30.2 Å². The summed E-state index contributed by atoms with van der Waals surface area (Å²) in [6.07, 6.45) is 2.98. The van der Waals surface area contributed by atoms with Gasteiger partial charge in [0.2, 0.25) is 5.88 Å². The van der Waals surface area contributed by atoms with Crippen LogP contribution in [0.15, 0.2) is 12.3 Å². The van der Waals surface area contributed by atoms with Gasteiger partial charge in [-0.2, -0.15) is 0 Å². The number of anilines is 1. The van der Waals surface area contributed by atoms with Crippen LogP contribution in [0.2, 0.25) is 0 Å². The molecule has 0 fully saturated rings. The van der Waals surface area contributed by atoms with Crippen LogP contribution in [0.4, 0.5) is 5.69 Å². The summed E-state index contributed by atoms with van der Waals surface area (Å²) in [6, 6.07) is 1.88. The Hall–Kier alpha value is -1.62. The van der Waals surface area contributed by atoms with E-state index in [1.54, 1.807) is 13.3 Å². The molecule has 5 heteroatoms. The lowest BCUT2D eigenvalue weighted by Gasteiger charge is -2.34. The summed E-state index contributed by atoms with van der Waals surface area (Å²) in [5.41, 5.74) is 0.731. The van der Waals surface area contributed by atoms with E-state index in [1.807, 2.05) is 19.9 Å². The van der Waals surface area contributed by atoms with Gasteiger partial charge in [0.15, 0.2) is 0 Å². The summed E-state index contributed by atoms with van der Waals surface area (Å²) in [5, 5.41) is 2.97. The van der Waals surface area contributed by atoms with E-state index in [-0.39, 0.29) is 5.91 Å². The van der Waals surface area contributed by atoms with Crippen molar-refractivity contribution in [2.45, 2.75) is 60.0 Å². The van der Waals surface area contributed by atoms with Crippen molar-refractivity contribution in [3.8, 4) is 5.88 Å². The van der Waals surface area contributed by atoms with Gasteiger partial charge in [-0.05, 0) is 44.6 Å². The number of methoxy groups -OCH3 is 1. The first-order valence-corrected chi connectivity index (χ1v) is 8.70. The maximum atomic E-state index is 13.0. The molecule has 0 unspecified atom stereocenters. The summed E-state index contributed by atoms with van der Waals surface area (Å²) >= 11 is 0. The standard InChI is InChI=1S/C19H32N2O3/c1-8-24-17-15(6)9-16(12-20-17)21-18(22)19(23-7,10-13(2)3)11-14(4)5/h9,12-14H,8,10-11H2,1-7H3,(H,21,22). The molecular formula is C19H32N2O3. The van der Waals surface area contributed by atoms with Crippen LogP contribution in [0.1, 0.15) is 53.0 Å². The molecular weight excluding hydrogens is 304 g/mol. The average Bonchev–Trinajstić information content (AvgIpc) is 2.48. The first kappa shape index (κ1) is 20.4. The van der Waals surface area contributed by atoms with Gasteiger partial charge < -0.3 is 14.8 Å². The Morgan fingerprint density at radius 1 is 1.25 bits per heavy atom. The first-order valence-electron chi connectivity index (χ1n) is 8.70. The maximum absolute atomic E-state index is 13.0. The van der Waals surface area contributed by atoms with Crippen LogP contribution in [0, 0.1) is 18.8 Å². The molecule has 1 N–H and O–H groups in total. The zero-order valence-corrected chi connectivity index (χ0v) is 16.1. The fourth-order valence-corrected chi connectivity index (χ4v) is 3.01. The minimum atomic E-state index is -0.825. The third kappa shape index (κ3) is 5.48. The minimum Gasteiger partial charge on any atom is -0.478 e. The van der Waals surface area contributed by atoms with Crippen molar-refractivity contribution < 1.29 is 14.3 Å². The van der Waals surface area contributed by atoms with Crippen molar-refractivity contribution >= 4 is 11.6 Å². The monoisotopic (exact) mass is 336 g/mol. The second-order valence-corrected chi connectivity index (χ2v) is 7.13. The van der Waals surface area contributed by atoms with E-state index in [9.17, 15) is 4.79 Å². The molecule has 0 bridgehead atoms. The van der Waals surface area contributed by atoms with E-state index in [0.717, 1.165) is 5.56 Å². The van der Waals surface area contributed by atoms with Crippen molar-refractivity contribution in [1.29, 1.82) is 0 Å². The second-order valence-electron chi connectivity index (χ2n) is 7.13. The highest BCUT2D eigenvalue weighted by molar-refractivity contribution is 5.97. The predicted octanol–water partition coefficient (Wildman–Crippen LogP) is 4.20. The lowest BCUT2D eigenvalue weighted by Crippen LogP contribution is -2.47. The summed E-state index contributed by atoms with van der Waals surface area (Å²) in [5.74, 6) is 1.19. The molecule has 136 valence electrons. The van der Waals surface area contributed by atoms with E-state index in [0.29, 0.717) is 42.9 Å². The number of hydrogen-bond acceptors (Lipinski definition) is 4. The van der Waals surface area contributed by atoms with Crippen LogP contribution in [0.5, 0.6) is 5.88 Å². The number of aromatic nitrogens is 1. The third-order valence-corrected chi connectivity index (χ3v) is 3.85. The molecule has 0 saturated carbocycles. The fourth-order valence-electron chi connectivity index (χ4n) is 3.01. The molecule has 24 heavy (non-hydrogen) atoms. The number of carbonyl (C=O) groups is 1. The van der Waals surface area contributed by atoms with E-state index in [4.69, 9.17) is 9.47 Å². The number of carbonyl (C=O) groups excluding carboxylic acids is 1. The molecule has 0 radical (unpaired) electrons. The van der Waals surface area contributed by atoms with E-state index < -0.39 is 5.60 Å². The van der Waals surface area contributed by atoms with Crippen molar-refractivity contribution in [3.05, 3.63) is 17.8 Å². The molecule has 0 aliphatic carbocycles. The number of nitrogens with one attached hydrogen (secondary N) is 1. The van der Waals surface area contributed by atoms with Gasteiger partial charge in [-0.25, -0.2) is 4.98 Å². The highest BCUT2D eigenvalue weighted by atomic mass is 16.5. The SMILES string of the molecule is CCOc1ncc(NC(=O)C(CC(C)C)(CC(C)C)OC)cc1C. The Labute approximate surface area is 146 Å². The molecule has 1 rings (SSSR count). The molecule has 0 atom stereocenters. The lowest BCUT2D eigenvalue weighted by molar-refractivity contribution is -0.142. The van der Waals surface area contributed by atoms with E-state index in [1.165, 1.54) is 0 Å². The zero-order chi connectivity index (χ0) is 18.3. The van der Waals surface area contributed by atoms with Gasteiger partial charge in [0.05, 0.1) is 18.5 Å². The summed E-state index contributed by atoms with van der Waals surface area (Å²) in [4.78, 5) is 17.2. The highest BCUT2D eigenvalue weighted by Gasteiger charge is 2.39. The van der Waals surface area contributed by atoms with Gasteiger partial charge in [-0.15, -0.1) is 0 Å². The molecule has 1 amide bonds. The minimum absolute atomic E-state index is 0.113. The number of hydrogen-bond donors (Lipinski definition) is 1. The normalized spacial score (nSPS) is 11.9. The summed E-state index contributed by atoms with van der Waals surface area (Å²) in [6.45, 7) is 12.8. The van der Waals surface area contributed by atoms with Crippen LogP contribution in [-0.2, 0) is 9.53 Å². The number of pyridine rings is 1. The average molecular weight is 336 g/mol. The van der Waals surface area contributed by atoms with Gasteiger partial charge in [0.1, 0.15) is 5.60 Å². The molecule has 0 aromatic carbocycles. The van der Waals surface area contributed by atoms with Crippen LogP contribution < -0.4 is 10.1 Å². The second kappa shape index (κ2) is 9.02. The third-order valence-electron chi connectivity index (χ3n) is 3.85. The van der Waals surface area contributed by atoms with E-state index in [2.05, 4.69) is 38.0 Å². The highest BCUT2D eigenvalue weighted by Crippen LogP contribution is 2.30. The van der Waals surface area contributed by atoms with Crippen molar-refractivity contribution in [1.82, 2.24) is 4.98 Å². The topological polar surface area (TPSA) is 60.5 Å². The molecule has 0 aliphatic heterocycles. The quantitative estimate of drug-likeness (QED) is 0.734. The van der Waals surface area contributed by atoms with Crippen molar-refractivity contribution in [2.75, 3.05) is 19.0 Å². The largest absolute Gasteiger partial charge is 0.478 e. The van der Waals surface area contributed by atoms with Gasteiger partial charge in [-0.3, -0.25) is 4.79 Å². The fraction of sp³-hybridized carbons (Fsp3) is 0.684. The molecule has 5 nitrogen and oxygen atoms in total. The molecule has 1 aromatic heterocycles. The van der Waals surface area contributed by atoms with Gasteiger partial charge in [0, 0.05) is 12.7 Å². The Morgan fingerprint density at radius 3 is 2.25 bits per heavy atom. The first-order chi connectivity index (χ1) is 11.2. The number of ether oxygens (including phenoxy) is 2. The van der Waals surface area contributed by atoms with Crippen molar-refractivity contribution in [3.63, 3.8) is 0 Å². The lowest BCUT2D eigenvalue weighted by atomic mass is 9.84. The Kier molecular flexibility index (Phi) is 7.67. The summed E-state index contributed by atoms with van der Waals surface area (Å²) in [7, 11) is 1.62. The van der Waals surface area contributed by atoms with Gasteiger partial charge in [0.25, 0.3) is 5.91 Å². The Balaban J connectivity index is 3.00. The summed E-state index contributed by atoms with van der Waals surface area (Å²) < 4.78 is 11.2. The number of aryl methyl sites for hydroxylation is 1. The van der Waals surface area contributed by atoms with Gasteiger partial charge >= 0.3 is 0 Å². The molecule has 1 aromatic rings. The Morgan fingerprint density at radius 2 is 1.83 bits per heavy atom. The van der Waals surface area contributed by atoms with Crippen LogP contribution >= 0.6 is 0 Å². The van der Waals surface area contributed by atoms with Crippen molar-refractivity contribution in [2.24, 2.45) is 11.8 Å². The van der Waals surface area contributed by atoms with Crippen LogP contribution in [0.3, 0.4) is 0 Å². The van der Waals surface area contributed by atoms with Crippen LogP contribution in [0.25, 0.3) is 0 Å². The molecule has 0 aliphatic rings. The van der Waals surface area contributed by atoms with E-state index >= 15 is 0 Å². The van der Waals surface area contributed by atoms with Gasteiger partial charge in [-0.1, -0.05) is 27.7 Å².